The molecule has 3 nitrogen and oxygen atoms in total. The highest BCUT2D eigenvalue weighted by Gasteiger charge is 2.18. The van der Waals surface area contributed by atoms with Crippen LogP contribution in [0.5, 0.6) is 0 Å². The normalized spacial score (nSPS) is 11.6. The summed E-state index contributed by atoms with van der Waals surface area (Å²) in [7, 11) is 0. The second-order valence-electron chi connectivity index (χ2n) is 6.20. The van der Waals surface area contributed by atoms with Crippen molar-refractivity contribution in [2.24, 2.45) is 5.92 Å². The van der Waals surface area contributed by atoms with Crippen molar-refractivity contribution in [3.8, 4) is 11.1 Å². The molecule has 2 aromatic rings. The predicted octanol–water partition coefficient (Wildman–Crippen LogP) is 3.93. The average Bonchev–Trinajstić information content (AvgIpc) is 2.67. The van der Waals surface area contributed by atoms with Crippen molar-refractivity contribution in [2.45, 2.75) is 47.1 Å². The van der Waals surface area contributed by atoms with E-state index < -0.39 is 0 Å². The Morgan fingerprint density at radius 3 is 2.20 bits per heavy atom. The molecule has 0 fully saturated rings. The van der Waals surface area contributed by atoms with Gasteiger partial charge in [0.25, 0.3) is 5.56 Å². The fourth-order valence-corrected chi connectivity index (χ4v) is 2.44. The van der Waals surface area contributed by atoms with Crippen LogP contribution in [-0.2, 0) is 6.42 Å². The van der Waals surface area contributed by atoms with E-state index in [2.05, 4.69) is 38.0 Å². The van der Waals surface area contributed by atoms with Crippen LogP contribution in [-0.4, -0.2) is 9.78 Å². The Labute approximate surface area is 120 Å². The first-order valence-corrected chi connectivity index (χ1v) is 7.30. The summed E-state index contributed by atoms with van der Waals surface area (Å²) in [5, 5.41) is 3.30. The molecule has 20 heavy (non-hydrogen) atoms. The van der Waals surface area contributed by atoms with Gasteiger partial charge in [0.2, 0.25) is 0 Å². The summed E-state index contributed by atoms with van der Waals surface area (Å²) in [6, 6.07) is 8.33. The third-order valence-corrected chi connectivity index (χ3v) is 3.46. The summed E-state index contributed by atoms with van der Waals surface area (Å²) in [6.07, 6.45) is 0.887. The molecule has 0 spiro atoms. The molecule has 1 N–H and O–H groups in total. The van der Waals surface area contributed by atoms with Crippen LogP contribution >= 0.6 is 0 Å². The second-order valence-corrected chi connectivity index (χ2v) is 6.20. The number of H-pyrrole nitrogens is 1. The van der Waals surface area contributed by atoms with Crippen LogP contribution in [0.1, 0.15) is 45.0 Å². The highest BCUT2D eigenvalue weighted by molar-refractivity contribution is 5.65. The maximum atomic E-state index is 12.6. The minimum absolute atomic E-state index is 0.0829. The Hall–Kier alpha value is -1.77. The standard InChI is InChI=1S/C17H24N2O/c1-11(2)10-15-16(14-8-6-13(5)7-9-14)17(20)19(18-15)12(3)4/h6-9,11-12,18H,10H2,1-5H3. The monoisotopic (exact) mass is 272 g/mol. The molecule has 108 valence electrons. The lowest BCUT2D eigenvalue weighted by molar-refractivity contribution is 0.505. The van der Waals surface area contributed by atoms with E-state index in [0.717, 1.165) is 23.2 Å². The molecular weight excluding hydrogens is 248 g/mol. The molecule has 0 unspecified atom stereocenters. The first kappa shape index (κ1) is 14.6. The van der Waals surface area contributed by atoms with Crippen molar-refractivity contribution in [3.63, 3.8) is 0 Å². The lowest BCUT2D eigenvalue weighted by Gasteiger charge is -2.06. The molecule has 0 aliphatic rings. The fourth-order valence-electron chi connectivity index (χ4n) is 2.44. The third-order valence-electron chi connectivity index (χ3n) is 3.46. The molecule has 0 aliphatic heterocycles. The molecule has 0 bridgehead atoms. The van der Waals surface area contributed by atoms with Crippen LogP contribution in [0.15, 0.2) is 29.1 Å². The Bertz CT molecular complexity index is 630. The number of nitrogens with zero attached hydrogens (tertiary/aromatic N) is 1. The third kappa shape index (κ3) is 2.87. The summed E-state index contributed by atoms with van der Waals surface area (Å²) in [5.41, 5.74) is 4.17. The predicted molar refractivity (Wildman–Crippen MR) is 84.2 cm³/mol. The van der Waals surface area contributed by atoms with Gasteiger partial charge in [0.05, 0.1) is 5.56 Å². The van der Waals surface area contributed by atoms with Gasteiger partial charge in [-0.2, -0.15) is 0 Å². The largest absolute Gasteiger partial charge is 0.299 e. The zero-order valence-corrected chi connectivity index (χ0v) is 13.0. The topological polar surface area (TPSA) is 37.8 Å². The number of aryl methyl sites for hydroxylation is 1. The Morgan fingerprint density at radius 1 is 1.10 bits per heavy atom. The second kappa shape index (κ2) is 5.70. The summed E-state index contributed by atoms with van der Waals surface area (Å²) in [6.45, 7) is 10.4. The van der Waals surface area contributed by atoms with Gasteiger partial charge in [-0.05, 0) is 38.7 Å². The van der Waals surface area contributed by atoms with Gasteiger partial charge in [-0.15, -0.1) is 0 Å². The summed E-state index contributed by atoms with van der Waals surface area (Å²) in [5.74, 6) is 0.512. The van der Waals surface area contributed by atoms with Gasteiger partial charge in [0.1, 0.15) is 0 Å². The average molecular weight is 272 g/mol. The van der Waals surface area contributed by atoms with E-state index in [1.165, 1.54) is 5.56 Å². The van der Waals surface area contributed by atoms with Gasteiger partial charge < -0.3 is 0 Å². The molecule has 0 saturated carbocycles. The molecule has 0 aliphatic carbocycles. The molecule has 0 radical (unpaired) electrons. The zero-order chi connectivity index (χ0) is 14.9. The molecule has 1 aromatic carbocycles. The highest BCUT2D eigenvalue weighted by atomic mass is 16.1. The lowest BCUT2D eigenvalue weighted by Crippen LogP contribution is -2.19. The van der Waals surface area contributed by atoms with Gasteiger partial charge in [0.15, 0.2) is 0 Å². The molecule has 0 amide bonds. The van der Waals surface area contributed by atoms with Crippen LogP contribution < -0.4 is 5.56 Å². The van der Waals surface area contributed by atoms with Gasteiger partial charge >= 0.3 is 0 Å². The van der Waals surface area contributed by atoms with E-state index in [4.69, 9.17) is 0 Å². The van der Waals surface area contributed by atoms with E-state index in [1.54, 1.807) is 4.68 Å². The SMILES string of the molecule is Cc1ccc(-c2c(CC(C)C)[nH]n(C(C)C)c2=O)cc1. The van der Waals surface area contributed by atoms with Crippen LogP contribution in [0.3, 0.4) is 0 Å². The summed E-state index contributed by atoms with van der Waals surface area (Å²) < 4.78 is 1.73. The Kier molecular flexibility index (Phi) is 4.17. The number of aromatic amines is 1. The maximum Gasteiger partial charge on any atom is 0.274 e. The van der Waals surface area contributed by atoms with E-state index >= 15 is 0 Å². The van der Waals surface area contributed by atoms with E-state index in [-0.39, 0.29) is 11.6 Å². The molecule has 1 aromatic heterocycles. The smallest absolute Gasteiger partial charge is 0.274 e. The van der Waals surface area contributed by atoms with Crippen LogP contribution in [0.25, 0.3) is 11.1 Å². The van der Waals surface area contributed by atoms with Crippen LogP contribution in [0.2, 0.25) is 0 Å². The molecule has 0 saturated heterocycles. The van der Waals surface area contributed by atoms with Crippen LogP contribution in [0.4, 0.5) is 0 Å². The number of rotatable bonds is 4. The van der Waals surface area contributed by atoms with Gasteiger partial charge in [-0.3, -0.25) is 9.89 Å². The van der Waals surface area contributed by atoms with E-state index in [9.17, 15) is 4.79 Å². The van der Waals surface area contributed by atoms with Crippen molar-refractivity contribution in [2.75, 3.05) is 0 Å². The maximum absolute atomic E-state index is 12.6. The minimum atomic E-state index is 0.0829. The molecular formula is C17H24N2O. The van der Waals surface area contributed by atoms with Crippen molar-refractivity contribution < 1.29 is 0 Å². The van der Waals surface area contributed by atoms with E-state index in [0.29, 0.717) is 5.92 Å². The van der Waals surface area contributed by atoms with Crippen molar-refractivity contribution in [1.29, 1.82) is 0 Å². The number of hydrogen-bond acceptors (Lipinski definition) is 1. The molecule has 0 atom stereocenters. The van der Waals surface area contributed by atoms with Crippen molar-refractivity contribution >= 4 is 0 Å². The number of nitrogens with one attached hydrogen (secondary N) is 1. The molecule has 1 heterocycles. The minimum Gasteiger partial charge on any atom is -0.299 e. The fraction of sp³-hybridized carbons (Fsp3) is 0.471. The van der Waals surface area contributed by atoms with Gasteiger partial charge in [-0.25, -0.2) is 4.68 Å². The van der Waals surface area contributed by atoms with Crippen LogP contribution in [0, 0.1) is 12.8 Å². The lowest BCUT2D eigenvalue weighted by atomic mass is 9.99. The number of aromatic nitrogens is 2. The van der Waals surface area contributed by atoms with Gasteiger partial charge in [0, 0.05) is 11.7 Å². The zero-order valence-electron chi connectivity index (χ0n) is 13.0. The summed E-state index contributed by atoms with van der Waals surface area (Å²) >= 11 is 0. The highest BCUT2D eigenvalue weighted by Crippen LogP contribution is 2.22. The van der Waals surface area contributed by atoms with Crippen molar-refractivity contribution in [1.82, 2.24) is 9.78 Å². The quantitative estimate of drug-likeness (QED) is 0.899. The van der Waals surface area contributed by atoms with Crippen molar-refractivity contribution in [3.05, 3.63) is 45.9 Å². The first-order chi connectivity index (χ1) is 9.40. The molecule has 2 rings (SSSR count). The Morgan fingerprint density at radius 2 is 1.70 bits per heavy atom. The van der Waals surface area contributed by atoms with E-state index in [1.807, 2.05) is 26.0 Å². The molecule has 3 heteroatoms. The summed E-state index contributed by atoms with van der Waals surface area (Å²) in [4.78, 5) is 12.6. The number of hydrogen-bond donors (Lipinski definition) is 1. The number of benzene rings is 1. The Balaban J connectivity index is 2.59. The first-order valence-electron chi connectivity index (χ1n) is 7.30. The van der Waals surface area contributed by atoms with Gasteiger partial charge in [-0.1, -0.05) is 43.7 Å².